The lowest BCUT2D eigenvalue weighted by Gasteiger charge is -2.12. The minimum absolute atomic E-state index is 0.143. The van der Waals surface area contributed by atoms with E-state index in [9.17, 15) is 9.90 Å². The van der Waals surface area contributed by atoms with E-state index in [0.29, 0.717) is 22.6 Å². The zero-order valence-corrected chi connectivity index (χ0v) is 12.4. The third-order valence-corrected chi connectivity index (χ3v) is 3.42. The van der Waals surface area contributed by atoms with Crippen LogP contribution in [0.3, 0.4) is 0 Å². The van der Waals surface area contributed by atoms with Gasteiger partial charge in [0.1, 0.15) is 5.75 Å². The third kappa shape index (κ3) is 3.23. The summed E-state index contributed by atoms with van der Waals surface area (Å²) in [4.78, 5) is 12.4. The largest absolute Gasteiger partial charge is 0.496 e. The van der Waals surface area contributed by atoms with Crippen molar-refractivity contribution in [3.8, 4) is 5.75 Å². The maximum atomic E-state index is 12.4. The Morgan fingerprint density at radius 1 is 1.19 bits per heavy atom. The number of hydrogen-bond acceptors (Lipinski definition) is 3. The number of aliphatic hydroxyl groups excluding tert-OH is 1. The first kappa shape index (κ1) is 15.1. The zero-order valence-electron chi connectivity index (χ0n) is 12.4. The molecule has 4 heteroatoms. The van der Waals surface area contributed by atoms with Gasteiger partial charge in [-0.3, -0.25) is 4.79 Å². The maximum absolute atomic E-state index is 12.4. The summed E-state index contributed by atoms with van der Waals surface area (Å²) in [5.41, 5.74) is 3.81. The van der Waals surface area contributed by atoms with Crippen molar-refractivity contribution in [1.29, 1.82) is 0 Å². The van der Waals surface area contributed by atoms with Gasteiger partial charge in [-0.15, -0.1) is 0 Å². The van der Waals surface area contributed by atoms with Gasteiger partial charge < -0.3 is 15.2 Å². The van der Waals surface area contributed by atoms with Gasteiger partial charge >= 0.3 is 0 Å². The van der Waals surface area contributed by atoms with Crippen LogP contribution in [0.5, 0.6) is 5.75 Å². The number of rotatable bonds is 4. The molecule has 110 valence electrons. The van der Waals surface area contributed by atoms with E-state index < -0.39 is 0 Å². The second-order valence-corrected chi connectivity index (χ2v) is 4.91. The summed E-state index contributed by atoms with van der Waals surface area (Å²) in [6, 6.07) is 10.9. The number of nitrogens with one attached hydrogen (secondary N) is 1. The number of anilines is 1. The fourth-order valence-electron chi connectivity index (χ4n) is 2.35. The standard InChI is InChI=1S/C17H19NO3/c1-11-5-4-6-12(2)16(11)17(20)18-14-7-8-15(21-3)13(9-14)10-19/h4-9,19H,10H2,1-3H3,(H,18,20). The zero-order chi connectivity index (χ0) is 15.4. The molecule has 0 saturated carbocycles. The first-order valence-electron chi connectivity index (χ1n) is 6.72. The van der Waals surface area contributed by atoms with Crippen molar-refractivity contribution in [2.45, 2.75) is 20.5 Å². The summed E-state index contributed by atoms with van der Waals surface area (Å²) in [5, 5.41) is 12.2. The highest BCUT2D eigenvalue weighted by Gasteiger charge is 2.13. The van der Waals surface area contributed by atoms with Gasteiger partial charge in [-0.05, 0) is 43.2 Å². The molecule has 0 aliphatic carbocycles. The Kier molecular flexibility index (Phi) is 4.60. The SMILES string of the molecule is COc1ccc(NC(=O)c2c(C)cccc2C)cc1CO. The van der Waals surface area contributed by atoms with Gasteiger partial charge in [0, 0.05) is 16.8 Å². The summed E-state index contributed by atoms with van der Waals surface area (Å²) < 4.78 is 5.15. The molecular formula is C17H19NO3. The van der Waals surface area contributed by atoms with Crippen molar-refractivity contribution in [3.63, 3.8) is 0 Å². The minimum Gasteiger partial charge on any atom is -0.496 e. The fraction of sp³-hybridized carbons (Fsp3) is 0.235. The molecule has 0 saturated heterocycles. The summed E-state index contributed by atoms with van der Waals surface area (Å²) in [5.74, 6) is 0.447. The predicted molar refractivity (Wildman–Crippen MR) is 82.8 cm³/mol. The monoisotopic (exact) mass is 285 g/mol. The highest BCUT2D eigenvalue weighted by atomic mass is 16.5. The molecule has 0 unspecified atom stereocenters. The number of aliphatic hydroxyl groups is 1. The average Bonchev–Trinajstić information content (AvgIpc) is 2.46. The molecule has 2 N–H and O–H groups in total. The van der Waals surface area contributed by atoms with E-state index in [2.05, 4.69) is 5.32 Å². The van der Waals surface area contributed by atoms with Crippen LogP contribution in [0.1, 0.15) is 27.0 Å². The van der Waals surface area contributed by atoms with Gasteiger partial charge in [-0.25, -0.2) is 0 Å². The molecule has 0 aliphatic heterocycles. The molecule has 0 fully saturated rings. The van der Waals surface area contributed by atoms with Crippen molar-refractivity contribution in [1.82, 2.24) is 0 Å². The minimum atomic E-state index is -0.153. The fourth-order valence-corrected chi connectivity index (χ4v) is 2.35. The Bertz CT molecular complexity index is 645. The maximum Gasteiger partial charge on any atom is 0.256 e. The quantitative estimate of drug-likeness (QED) is 0.907. The van der Waals surface area contributed by atoms with E-state index in [1.54, 1.807) is 25.3 Å². The molecule has 2 aromatic carbocycles. The number of amides is 1. The van der Waals surface area contributed by atoms with E-state index in [0.717, 1.165) is 11.1 Å². The molecule has 2 rings (SSSR count). The molecule has 21 heavy (non-hydrogen) atoms. The van der Waals surface area contributed by atoms with Crippen molar-refractivity contribution in [2.24, 2.45) is 0 Å². The lowest BCUT2D eigenvalue weighted by molar-refractivity contribution is 0.102. The number of benzene rings is 2. The summed E-state index contributed by atoms with van der Waals surface area (Å²) in [7, 11) is 1.55. The van der Waals surface area contributed by atoms with Gasteiger partial charge in [0.05, 0.1) is 13.7 Å². The first-order valence-corrected chi connectivity index (χ1v) is 6.72. The molecular weight excluding hydrogens is 266 g/mol. The number of ether oxygens (including phenoxy) is 1. The van der Waals surface area contributed by atoms with Crippen LogP contribution >= 0.6 is 0 Å². The second-order valence-electron chi connectivity index (χ2n) is 4.91. The first-order chi connectivity index (χ1) is 10.1. The molecule has 0 spiro atoms. The number of methoxy groups -OCH3 is 1. The number of carbonyl (C=O) groups is 1. The molecule has 0 aromatic heterocycles. The van der Waals surface area contributed by atoms with Crippen LogP contribution < -0.4 is 10.1 Å². The van der Waals surface area contributed by atoms with Crippen LogP contribution in [-0.2, 0) is 6.61 Å². The Labute approximate surface area is 124 Å². The van der Waals surface area contributed by atoms with E-state index in [1.165, 1.54) is 0 Å². The van der Waals surface area contributed by atoms with Crippen LogP contribution in [0.2, 0.25) is 0 Å². The van der Waals surface area contributed by atoms with Crippen LogP contribution in [0.15, 0.2) is 36.4 Å². The normalized spacial score (nSPS) is 10.3. The summed E-state index contributed by atoms with van der Waals surface area (Å²) >= 11 is 0. The van der Waals surface area contributed by atoms with E-state index in [1.807, 2.05) is 32.0 Å². The Hall–Kier alpha value is -2.33. The van der Waals surface area contributed by atoms with Gasteiger partial charge in [0.25, 0.3) is 5.91 Å². The number of aryl methyl sites for hydroxylation is 2. The molecule has 4 nitrogen and oxygen atoms in total. The second kappa shape index (κ2) is 6.41. The Morgan fingerprint density at radius 2 is 1.86 bits per heavy atom. The van der Waals surface area contributed by atoms with Crippen molar-refractivity contribution >= 4 is 11.6 Å². The van der Waals surface area contributed by atoms with Crippen LogP contribution in [-0.4, -0.2) is 18.1 Å². The molecule has 1 amide bonds. The molecule has 0 bridgehead atoms. The van der Waals surface area contributed by atoms with Crippen LogP contribution in [0.25, 0.3) is 0 Å². The van der Waals surface area contributed by atoms with Crippen molar-refractivity contribution in [2.75, 3.05) is 12.4 Å². The molecule has 0 radical (unpaired) electrons. The van der Waals surface area contributed by atoms with Crippen molar-refractivity contribution < 1.29 is 14.6 Å². The van der Waals surface area contributed by atoms with E-state index in [4.69, 9.17) is 4.74 Å². The third-order valence-electron chi connectivity index (χ3n) is 3.42. The topological polar surface area (TPSA) is 58.6 Å². The van der Waals surface area contributed by atoms with Gasteiger partial charge in [0.2, 0.25) is 0 Å². The predicted octanol–water partition coefficient (Wildman–Crippen LogP) is 3.06. The number of hydrogen-bond donors (Lipinski definition) is 2. The van der Waals surface area contributed by atoms with Crippen molar-refractivity contribution in [3.05, 3.63) is 58.7 Å². The molecule has 0 heterocycles. The molecule has 0 atom stereocenters. The molecule has 2 aromatic rings. The van der Waals surface area contributed by atoms with E-state index in [-0.39, 0.29) is 12.5 Å². The highest BCUT2D eigenvalue weighted by molar-refractivity contribution is 6.06. The average molecular weight is 285 g/mol. The van der Waals surface area contributed by atoms with Crippen LogP contribution in [0, 0.1) is 13.8 Å². The summed E-state index contributed by atoms with van der Waals surface area (Å²) in [6.45, 7) is 3.68. The summed E-state index contributed by atoms with van der Waals surface area (Å²) in [6.07, 6.45) is 0. The Balaban J connectivity index is 2.28. The molecule has 0 aliphatic rings. The van der Waals surface area contributed by atoms with Gasteiger partial charge in [-0.2, -0.15) is 0 Å². The lowest BCUT2D eigenvalue weighted by Crippen LogP contribution is -2.15. The number of carbonyl (C=O) groups excluding carboxylic acids is 1. The lowest BCUT2D eigenvalue weighted by atomic mass is 10.0. The van der Waals surface area contributed by atoms with Gasteiger partial charge in [-0.1, -0.05) is 18.2 Å². The Morgan fingerprint density at radius 3 is 2.43 bits per heavy atom. The van der Waals surface area contributed by atoms with Crippen LogP contribution in [0.4, 0.5) is 5.69 Å². The highest BCUT2D eigenvalue weighted by Crippen LogP contribution is 2.23. The smallest absolute Gasteiger partial charge is 0.256 e. The van der Waals surface area contributed by atoms with Gasteiger partial charge in [0.15, 0.2) is 0 Å². The van der Waals surface area contributed by atoms with E-state index >= 15 is 0 Å².